The Bertz CT molecular complexity index is 349. The number of nitrogens with zero attached hydrogens (tertiary/aromatic N) is 2. The molecule has 0 aliphatic carbocycles. The topological polar surface area (TPSA) is 28.2 Å². The minimum Gasteiger partial charge on any atom is -0.357 e. The molecule has 0 radical (unpaired) electrons. The molecule has 1 aromatic rings. The zero-order valence-electron chi connectivity index (χ0n) is 11.7. The van der Waals surface area contributed by atoms with Gasteiger partial charge >= 0.3 is 0 Å². The molecule has 1 rings (SSSR count). The first-order valence-electron chi connectivity index (χ1n) is 6.50. The Morgan fingerprint density at radius 3 is 2.59 bits per heavy atom. The summed E-state index contributed by atoms with van der Waals surface area (Å²) < 4.78 is 0. The van der Waals surface area contributed by atoms with Gasteiger partial charge in [-0.1, -0.05) is 19.9 Å². The zero-order chi connectivity index (χ0) is 12.8. The van der Waals surface area contributed by atoms with Gasteiger partial charge in [-0.25, -0.2) is 4.98 Å². The second-order valence-electron chi connectivity index (χ2n) is 4.56. The van der Waals surface area contributed by atoms with Crippen molar-refractivity contribution >= 4 is 5.82 Å². The molecule has 0 amide bonds. The van der Waals surface area contributed by atoms with Crippen molar-refractivity contribution in [3.63, 3.8) is 0 Å². The summed E-state index contributed by atoms with van der Waals surface area (Å²) in [5.74, 6) is 1.07. The second-order valence-corrected chi connectivity index (χ2v) is 4.56. The van der Waals surface area contributed by atoms with Gasteiger partial charge in [-0.2, -0.15) is 0 Å². The Balaban J connectivity index is 2.80. The minimum absolute atomic E-state index is 0.529. The first-order chi connectivity index (χ1) is 8.10. The molecule has 1 N–H and O–H groups in total. The zero-order valence-corrected chi connectivity index (χ0v) is 11.7. The van der Waals surface area contributed by atoms with Crippen molar-refractivity contribution in [2.45, 2.75) is 46.7 Å². The van der Waals surface area contributed by atoms with E-state index in [9.17, 15) is 0 Å². The molecule has 3 nitrogen and oxygen atoms in total. The van der Waals surface area contributed by atoms with E-state index in [0.29, 0.717) is 6.04 Å². The molecule has 0 saturated carbocycles. The summed E-state index contributed by atoms with van der Waals surface area (Å²) in [5.41, 5.74) is 2.41. The largest absolute Gasteiger partial charge is 0.357 e. The van der Waals surface area contributed by atoms with E-state index in [1.54, 1.807) is 0 Å². The summed E-state index contributed by atoms with van der Waals surface area (Å²) >= 11 is 0. The molecule has 0 aliphatic rings. The lowest BCUT2D eigenvalue weighted by Crippen LogP contribution is -2.29. The summed E-state index contributed by atoms with van der Waals surface area (Å²) in [6.45, 7) is 10.5. The maximum atomic E-state index is 4.68. The van der Waals surface area contributed by atoms with Crippen LogP contribution < -0.4 is 10.2 Å². The molecule has 0 spiro atoms. The number of pyridine rings is 1. The quantitative estimate of drug-likeness (QED) is 0.821. The molecule has 0 fully saturated rings. The molecule has 17 heavy (non-hydrogen) atoms. The lowest BCUT2D eigenvalue weighted by Gasteiger charge is -2.25. The predicted molar refractivity (Wildman–Crippen MR) is 74.5 cm³/mol. The Morgan fingerprint density at radius 2 is 2.06 bits per heavy atom. The van der Waals surface area contributed by atoms with Crippen molar-refractivity contribution in [3.8, 4) is 0 Å². The molecule has 1 unspecified atom stereocenters. The fraction of sp³-hybridized carbons (Fsp3) is 0.643. The first-order valence-corrected chi connectivity index (χ1v) is 6.50. The van der Waals surface area contributed by atoms with Crippen LogP contribution in [0.1, 0.15) is 38.4 Å². The van der Waals surface area contributed by atoms with E-state index in [4.69, 9.17) is 0 Å². The third-order valence-electron chi connectivity index (χ3n) is 3.36. The number of aryl methyl sites for hydroxylation is 1. The SMILES string of the molecule is CCNCc1ccc(N(C)C(C)CC)nc1C. The van der Waals surface area contributed by atoms with E-state index in [1.165, 1.54) is 5.56 Å². The van der Waals surface area contributed by atoms with Crippen LogP contribution in [0.5, 0.6) is 0 Å². The van der Waals surface area contributed by atoms with Crippen molar-refractivity contribution in [2.75, 3.05) is 18.5 Å². The van der Waals surface area contributed by atoms with Gasteiger partial charge in [0, 0.05) is 25.3 Å². The molecule has 0 bridgehead atoms. The number of anilines is 1. The number of rotatable bonds is 6. The maximum absolute atomic E-state index is 4.68. The molecule has 0 aromatic carbocycles. The van der Waals surface area contributed by atoms with E-state index in [-0.39, 0.29) is 0 Å². The standard InChI is InChI=1S/C14H25N3/c1-6-11(3)17(5)14-9-8-13(10-15-7-2)12(4)16-14/h8-9,11,15H,6-7,10H2,1-5H3. The summed E-state index contributed by atoms with van der Waals surface area (Å²) in [6, 6.07) is 4.83. The molecule has 1 atom stereocenters. The van der Waals surface area contributed by atoms with Gasteiger partial charge < -0.3 is 10.2 Å². The summed E-state index contributed by atoms with van der Waals surface area (Å²) in [7, 11) is 2.11. The lowest BCUT2D eigenvalue weighted by atomic mass is 10.2. The molecule has 0 aliphatic heterocycles. The van der Waals surface area contributed by atoms with Gasteiger partial charge in [0.05, 0.1) is 0 Å². The number of hydrogen-bond donors (Lipinski definition) is 1. The van der Waals surface area contributed by atoms with Crippen LogP contribution in [0.25, 0.3) is 0 Å². The minimum atomic E-state index is 0.529. The van der Waals surface area contributed by atoms with Crippen molar-refractivity contribution in [1.29, 1.82) is 0 Å². The monoisotopic (exact) mass is 235 g/mol. The van der Waals surface area contributed by atoms with Gasteiger partial charge in [0.15, 0.2) is 0 Å². The van der Waals surface area contributed by atoms with Gasteiger partial charge in [0.25, 0.3) is 0 Å². The Kier molecular flexibility index (Phi) is 5.42. The number of hydrogen-bond acceptors (Lipinski definition) is 3. The molecule has 96 valence electrons. The molecule has 1 heterocycles. The van der Waals surface area contributed by atoms with E-state index in [0.717, 1.165) is 31.0 Å². The second kappa shape index (κ2) is 6.60. The van der Waals surface area contributed by atoms with Crippen LogP contribution >= 0.6 is 0 Å². The average Bonchev–Trinajstić information content (AvgIpc) is 2.35. The van der Waals surface area contributed by atoms with Crippen LogP contribution in [0.3, 0.4) is 0 Å². The Labute approximate surface area is 105 Å². The van der Waals surface area contributed by atoms with Gasteiger partial charge in [-0.05, 0) is 38.4 Å². The molecule has 1 aromatic heterocycles. The smallest absolute Gasteiger partial charge is 0.128 e. The Morgan fingerprint density at radius 1 is 1.35 bits per heavy atom. The highest BCUT2D eigenvalue weighted by Gasteiger charge is 2.10. The van der Waals surface area contributed by atoms with Crippen molar-refractivity contribution in [2.24, 2.45) is 0 Å². The van der Waals surface area contributed by atoms with Gasteiger partial charge in [-0.3, -0.25) is 0 Å². The average molecular weight is 235 g/mol. The third kappa shape index (κ3) is 3.70. The van der Waals surface area contributed by atoms with Gasteiger partial charge in [-0.15, -0.1) is 0 Å². The van der Waals surface area contributed by atoms with E-state index in [2.05, 4.69) is 62.1 Å². The highest BCUT2D eigenvalue weighted by atomic mass is 15.2. The van der Waals surface area contributed by atoms with Crippen molar-refractivity contribution in [3.05, 3.63) is 23.4 Å². The highest BCUT2D eigenvalue weighted by molar-refractivity contribution is 5.41. The van der Waals surface area contributed by atoms with Crippen molar-refractivity contribution < 1.29 is 0 Å². The van der Waals surface area contributed by atoms with Crippen LogP contribution in [-0.4, -0.2) is 24.6 Å². The van der Waals surface area contributed by atoms with Crippen molar-refractivity contribution in [1.82, 2.24) is 10.3 Å². The number of nitrogens with one attached hydrogen (secondary N) is 1. The maximum Gasteiger partial charge on any atom is 0.128 e. The summed E-state index contributed by atoms with van der Waals surface area (Å²) in [4.78, 5) is 6.92. The van der Waals surface area contributed by atoms with E-state index in [1.807, 2.05) is 0 Å². The molecule has 3 heteroatoms. The fourth-order valence-electron chi connectivity index (χ4n) is 1.72. The van der Waals surface area contributed by atoms with Crippen LogP contribution in [-0.2, 0) is 6.54 Å². The summed E-state index contributed by atoms with van der Waals surface area (Å²) in [6.07, 6.45) is 1.14. The van der Waals surface area contributed by atoms with Crippen LogP contribution in [0.2, 0.25) is 0 Å². The molecular weight excluding hydrogens is 210 g/mol. The summed E-state index contributed by atoms with van der Waals surface area (Å²) in [5, 5.41) is 3.33. The third-order valence-corrected chi connectivity index (χ3v) is 3.36. The Hall–Kier alpha value is -1.09. The van der Waals surface area contributed by atoms with Crippen LogP contribution in [0.4, 0.5) is 5.82 Å². The normalized spacial score (nSPS) is 12.5. The van der Waals surface area contributed by atoms with E-state index >= 15 is 0 Å². The highest BCUT2D eigenvalue weighted by Crippen LogP contribution is 2.16. The predicted octanol–water partition coefficient (Wildman–Crippen LogP) is 2.73. The molecule has 0 saturated heterocycles. The van der Waals surface area contributed by atoms with Gasteiger partial charge in [0.1, 0.15) is 5.82 Å². The van der Waals surface area contributed by atoms with Crippen LogP contribution in [0.15, 0.2) is 12.1 Å². The van der Waals surface area contributed by atoms with Crippen LogP contribution in [0, 0.1) is 6.92 Å². The molecular formula is C14H25N3. The fourth-order valence-corrected chi connectivity index (χ4v) is 1.72. The van der Waals surface area contributed by atoms with E-state index < -0.39 is 0 Å². The van der Waals surface area contributed by atoms with Gasteiger partial charge in [0.2, 0.25) is 0 Å². The number of aromatic nitrogens is 1. The first kappa shape index (κ1) is 14.0. The lowest BCUT2D eigenvalue weighted by molar-refractivity contribution is 0.654.